The van der Waals surface area contributed by atoms with Crippen LogP contribution in [0, 0.1) is 0 Å². The van der Waals surface area contributed by atoms with Gasteiger partial charge in [-0.15, -0.1) is 0 Å². The third kappa shape index (κ3) is 3.86. The number of morpholine rings is 1. The van der Waals surface area contributed by atoms with Gasteiger partial charge in [-0.2, -0.15) is 0 Å². The van der Waals surface area contributed by atoms with Crippen LogP contribution in [0.25, 0.3) is 0 Å². The van der Waals surface area contributed by atoms with Crippen LogP contribution in [0.2, 0.25) is 0 Å². The molecular weight excluding hydrogens is 284 g/mol. The number of hydrogen-bond acceptors (Lipinski definition) is 6. The third-order valence-corrected chi connectivity index (χ3v) is 3.45. The number of ether oxygens (including phenoxy) is 2. The number of carbonyl (C=O) groups excluding carboxylic acids is 1. The molecule has 2 heterocycles. The zero-order valence-electron chi connectivity index (χ0n) is 13.3. The Morgan fingerprint density at radius 3 is 2.91 bits per heavy atom. The zero-order chi connectivity index (χ0) is 16.3. The first-order chi connectivity index (χ1) is 10.3. The van der Waals surface area contributed by atoms with Crippen molar-refractivity contribution in [3.05, 3.63) is 24.0 Å². The Morgan fingerprint density at radius 1 is 1.55 bits per heavy atom. The summed E-state index contributed by atoms with van der Waals surface area (Å²) in [5.41, 5.74) is 13.0. The van der Waals surface area contributed by atoms with E-state index in [1.54, 1.807) is 23.4 Å². The summed E-state index contributed by atoms with van der Waals surface area (Å²) in [6.07, 6.45) is 2.84. The van der Waals surface area contributed by atoms with Crippen molar-refractivity contribution in [2.75, 3.05) is 25.5 Å². The number of pyridine rings is 1. The van der Waals surface area contributed by atoms with Crippen molar-refractivity contribution >= 4 is 11.8 Å². The molecule has 22 heavy (non-hydrogen) atoms. The molecule has 7 heteroatoms. The van der Waals surface area contributed by atoms with Crippen LogP contribution in [-0.2, 0) is 9.47 Å². The zero-order valence-corrected chi connectivity index (χ0v) is 13.3. The number of amides is 1. The number of nitrogens with two attached hydrogens (primary N) is 2. The van der Waals surface area contributed by atoms with Crippen molar-refractivity contribution in [3.63, 3.8) is 0 Å². The highest BCUT2D eigenvalue weighted by Gasteiger charge is 2.35. The van der Waals surface area contributed by atoms with E-state index in [-0.39, 0.29) is 6.04 Å². The van der Waals surface area contributed by atoms with Gasteiger partial charge in [0, 0.05) is 30.2 Å². The second kappa shape index (κ2) is 6.50. The van der Waals surface area contributed by atoms with Crippen molar-refractivity contribution < 1.29 is 14.3 Å². The number of nitrogen functional groups attached to an aromatic ring is 1. The predicted molar refractivity (Wildman–Crippen MR) is 83.1 cm³/mol. The Hall–Kier alpha value is -1.86. The van der Waals surface area contributed by atoms with Crippen LogP contribution >= 0.6 is 0 Å². The maximum absolute atomic E-state index is 12.4. The first-order valence-corrected chi connectivity index (χ1v) is 7.32. The van der Waals surface area contributed by atoms with E-state index in [9.17, 15) is 4.79 Å². The lowest BCUT2D eigenvalue weighted by Crippen LogP contribution is -2.54. The van der Waals surface area contributed by atoms with E-state index in [4.69, 9.17) is 20.9 Å². The average molecular weight is 308 g/mol. The molecule has 0 aliphatic carbocycles. The van der Waals surface area contributed by atoms with Gasteiger partial charge in [-0.1, -0.05) is 0 Å². The molecule has 0 radical (unpaired) electrons. The lowest BCUT2D eigenvalue weighted by Gasteiger charge is -2.39. The number of hydrogen-bond donors (Lipinski definition) is 2. The lowest BCUT2D eigenvalue weighted by molar-refractivity contribution is -0.0381. The number of anilines is 1. The Balaban J connectivity index is 2.19. The van der Waals surface area contributed by atoms with Gasteiger partial charge in [-0.3, -0.25) is 9.88 Å². The van der Waals surface area contributed by atoms with Crippen molar-refractivity contribution in [3.8, 4) is 0 Å². The van der Waals surface area contributed by atoms with E-state index < -0.39 is 17.7 Å². The van der Waals surface area contributed by atoms with Crippen molar-refractivity contribution in [2.24, 2.45) is 5.73 Å². The van der Waals surface area contributed by atoms with Gasteiger partial charge in [0.05, 0.1) is 25.3 Å². The summed E-state index contributed by atoms with van der Waals surface area (Å²) >= 11 is 0. The minimum Gasteiger partial charge on any atom is -0.444 e. The van der Waals surface area contributed by atoms with Crippen LogP contribution in [-0.4, -0.2) is 47.4 Å². The molecule has 4 N–H and O–H groups in total. The Labute approximate surface area is 130 Å². The minimum absolute atomic E-state index is 0.338. The SMILES string of the molecule is CC(C)(C)OC(=O)N1CCOCC1C(N)c1cnccc1N. The summed E-state index contributed by atoms with van der Waals surface area (Å²) in [5, 5.41) is 0. The highest BCUT2D eigenvalue weighted by atomic mass is 16.6. The molecule has 0 aromatic carbocycles. The monoisotopic (exact) mass is 308 g/mol. The Bertz CT molecular complexity index is 530. The summed E-state index contributed by atoms with van der Waals surface area (Å²) in [6, 6.07) is 0.869. The van der Waals surface area contributed by atoms with Crippen LogP contribution in [0.1, 0.15) is 32.4 Å². The largest absolute Gasteiger partial charge is 0.444 e. The second-order valence-electron chi connectivity index (χ2n) is 6.35. The van der Waals surface area contributed by atoms with Crippen molar-refractivity contribution in [2.45, 2.75) is 38.5 Å². The minimum atomic E-state index is -0.558. The molecule has 0 saturated carbocycles. The van der Waals surface area contributed by atoms with Crippen LogP contribution in [0.3, 0.4) is 0 Å². The number of rotatable bonds is 2. The summed E-state index contributed by atoms with van der Waals surface area (Å²) in [6.45, 7) is 6.74. The van der Waals surface area contributed by atoms with E-state index in [1.165, 1.54) is 0 Å². The van der Waals surface area contributed by atoms with E-state index >= 15 is 0 Å². The summed E-state index contributed by atoms with van der Waals surface area (Å²) in [7, 11) is 0. The molecule has 0 bridgehead atoms. The fourth-order valence-corrected chi connectivity index (χ4v) is 2.37. The van der Waals surface area contributed by atoms with Gasteiger partial charge in [-0.25, -0.2) is 4.79 Å². The molecular formula is C15H24N4O3. The van der Waals surface area contributed by atoms with E-state index in [1.807, 2.05) is 20.8 Å². The van der Waals surface area contributed by atoms with Crippen LogP contribution < -0.4 is 11.5 Å². The molecule has 1 fully saturated rings. The second-order valence-corrected chi connectivity index (χ2v) is 6.35. The smallest absolute Gasteiger partial charge is 0.410 e. The van der Waals surface area contributed by atoms with Gasteiger partial charge in [0.1, 0.15) is 5.60 Å². The van der Waals surface area contributed by atoms with E-state index in [0.29, 0.717) is 31.0 Å². The predicted octanol–water partition coefficient (Wildman–Crippen LogP) is 1.30. The molecule has 7 nitrogen and oxygen atoms in total. The molecule has 122 valence electrons. The molecule has 0 spiro atoms. The first kappa shape index (κ1) is 16.5. The van der Waals surface area contributed by atoms with Crippen molar-refractivity contribution in [1.82, 2.24) is 9.88 Å². The number of aromatic nitrogens is 1. The Kier molecular flexibility index (Phi) is 4.87. The first-order valence-electron chi connectivity index (χ1n) is 7.32. The fraction of sp³-hybridized carbons (Fsp3) is 0.600. The molecule has 1 amide bonds. The van der Waals surface area contributed by atoms with Crippen LogP contribution in [0.5, 0.6) is 0 Å². The standard InChI is InChI=1S/C15H24N4O3/c1-15(2,3)22-14(20)19-6-7-21-9-12(19)13(17)10-8-18-5-4-11(10)16/h4-5,8,12-13H,6-7,9,17H2,1-3H3,(H2,16,18). The van der Waals surface area contributed by atoms with Gasteiger partial charge in [0.25, 0.3) is 0 Å². The quantitative estimate of drug-likeness (QED) is 0.853. The van der Waals surface area contributed by atoms with E-state index in [2.05, 4.69) is 4.98 Å². The molecule has 1 aliphatic rings. The lowest BCUT2D eigenvalue weighted by atomic mass is 9.99. The van der Waals surface area contributed by atoms with Gasteiger partial charge in [0.15, 0.2) is 0 Å². The molecule has 2 atom stereocenters. The summed E-state index contributed by atoms with van der Waals surface area (Å²) in [5.74, 6) is 0. The average Bonchev–Trinajstić information content (AvgIpc) is 2.45. The van der Waals surface area contributed by atoms with Gasteiger partial charge in [0.2, 0.25) is 0 Å². The molecule has 1 aromatic heterocycles. The van der Waals surface area contributed by atoms with Crippen LogP contribution in [0.15, 0.2) is 18.5 Å². The fourth-order valence-electron chi connectivity index (χ4n) is 2.37. The molecule has 2 unspecified atom stereocenters. The number of carbonyl (C=O) groups is 1. The maximum atomic E-state index is 12.4. The number of nitrogens with zero attached hydrogens (tertiary/aromatic N) is 2. The van der Waals surface area contributed by atoms with Crippen LogP contribution in [0.4, 0.5) is 10.5 Å². The molecule has 2 rings (SSSR count). The van der Waals surface area contributed by atoms with Gasteiger partial charge < -0.3 is 20.9 Å². The van der Waals surface area contributed by atoms with Gasteiger partial charge >= 0.3 is 6.09 Å². The summed E-state index contributed by atoms with van der Waals surface area (Å²) < 4.78 is 10.9. The maximum Gasteiger partial charge on any atom is 0.410 e. The topological polar surface area (TPSA) is 104 Å². The Morgan fingerprint density at radius 2 is 2.27 bits per heavy atom. The molecule has 1 aliphatic heterocycles. The molecule has 1 aromatic rings. The molecule has 1 saturated heterocycles. The van der Waals surface area contributed by atoms with Gasteiger partial charge in [-0.05, 0) is 26.8 Å². The van der Waals surface area contributed by atoms with Crippen molar-refractivity contribution in [1.29, 1.82) is 0 Å². The summed E-state index contributed by atoms with van der Waals surface area (Å²) in [4.78, 5) is 18.1. The highest BCUT2D eigenvalue weighted by Crippen LogP contribution is 2.26. The highest BCUT2D eigenvalue weighted by molar-refractivity contribution is 5.69. The third-order valence-electron chi connectivity index (χ3n) is 3.45. The normalized spacial score (nSPS) is 20.5. The van der Waals surface area contributed by atoms with E-state index in [0.717, 1.165) is 0 Å².